The summed E-state index contributed by atoms with van der Waals surface area (Å²) >= 11 is 0. The highest BCUT2D eigenvalue weighted by atomic mass is 16.6. The van der Waals surface area contributed by atoms with E-state index in [1.54, 1.807) is 0 Å². The smallest absolute Gasteiger partial charge is 0.334 e. The summed E-state index contributed by atoms with van der Waals surface area (Å²) in [6, 6.07) is 0. The number of esters is 1. The number of hydrogen-bond acceptors (Lipinski definition) is 4. The number of cyclic esters (lactones) is 1. The number of aliphatic hydroxyl groups excluding tert-OH is 2. The van der Waals surface area contributed by atoms with E-state index in [2.05, 4.69) is 53.0 Å². The summed E-state index contributed by atoms with van der Waals surface area (Å²) in [7, 11) is 0. The van der Waals surface area contributed by atoms with Crippen LogP contribution < -0.4 is 0 Å². The number of ether oxygens (including phenoxy) is 1. The van der Waals surface area contributed by atoms with Gasteiger partial charge < -0.3 is 14.9 Å². The lowest BCUT2D eigenvalue weighted by Gasteiger charge is -2.45. The SMILES string of the molecule is C=C1C(=CC=C2CCC[C@]3(C)[C@@H]([C@H](C)C[C@H]4OC(=O)C(=C)[C@@H]4CC(C)C)CC[C@@H]23)C[C@@H](O)[C@H](C)[C@@H]1O. The third-order valence-corrected chi connectivity index (χ3v) is 10.3. The monoisotopic (exact) mass is 496 g/mol. The van der Waals surface area contributed by atoms with Crippen molar-refractivity contribution in [3.8, 4) is 0 Å². The topological polar surface area (TPSA) is 66.8 Å². The van der Waals surface area contributed by atoms with E-state index in [4.69, 9.17) is 4.74 Å². The van der Waals surface area contributed by atoms with Crippen LogP contribution in [0.5, 0.6) is 0 Å². The maximum Gasteiger partial charge on any atom is 0.334 e. The van der Waals surface area contributed by atoms with Crippen LogP contribution in [0.1, 0.15) is 86.0 Å². The summed E-state index contributed by atoms with van der Waals surface area (Å²) in [4.78, 5) is 12.3. The Balaban J connectivity index is 1.48. The van der Waals surface area contributed by atoms with Crippen LogP contribution in [0.4, 0.5) is 0 Å². The predicted molar refractivity (Wildman–Crippen MR) is 145 cm³/mol. The summed E-state index contributed by atoms with van der Waals surface area (Å²) in [5.74, 6) is 1.95. The van der Waals surface area contributed by atoms with Gasteiger partial charge in [0.1, 0.15) is 6.10 Å². The van der Waals surface area contributed by atoms with Crippen LogP contribution in [0.15, 0.2) is 47.6 Å². The summed E-state index contributed by atoms with van der Waals surface area (Å²) in [6.45, 7) is 19.3. The van der Waals surface area contributed by atoms with Crippen LogP contribution in [-0.4, -0.2) is 34.5 Å². The molecule has 4 rings (SSSR count). The van der Waals surface area contributed by atoms with E-state index in [9.17, 15) is 15.0 Å². The molecule has 0 unspecified atom stereocenters. The first-order valence-electron chi connectivity index (χ1n) is 14.3. The number of fused-ring (bicyclic) bond motifs is 1. The van der Waals surface area contributed by atoms with Crippen molar-refractivity contribution >= 4 is 5.97 Å². The second-order valence-corrected chi connectivity index (χ2v) is 13.0. The van der Waals surface area contributed by atoms with Crippen LogP contribution in [-0.2, 0) is 9.53 Å². The molecule has 1 heterocycles. The normalized spacial score (nSPS) is 42.3. The molecule has 9 atom stereocenters. The second-order valence-electron chi connectivity index (χ2n) is 13.0. The van der Waals surface area contributed by atoms with Crippen LogP contribution in [0, 0.1) is 40.9 Å². The molecular weight excluding hydrogens is 448 g/mol. The zero-order chi connectivity index (χ0) is 26.4. The van der Waals surface area contributed by atoms with Gasteiger partial charge in [-0.25, -0.2) is 4.79 Å². The Morgan fingerprint density at radius 3 is 2.53 bits per heavy atom. The molecule has 0 aromatic carbocycles. The first kappa shape index (κ1) is 27.4. The van der Waals surface area contributed by atoms with Crippen molar-refractivity contribution in [3.63, 3.8) is 0 Å². The second kappa shape index (κ2) is 10.6. The average molecular weight is 497 g/mol. The molecule has 4 nitrogen and oxygen atoms in total. The van der Waals surface area contributed by atoms with Crippen LogP contribution >= 0.6 is 0 Å². The lowest BCUT2D eigenvalue weighted by atomic mass is 9.60. The lowest BCUT2D eigenvalue weighted by molar-refractivity contribution is -0.140. The van der Waals surface area contributed by atoms with Gasteiger partial charge in [-0.1, -0.05) is 65.5 Å². The Morgan fingerprint density at radius 1 is 1.11 bits per heavy atom. The van der Waals surface area contributed by atoms with Gasteiger partial charge in [0.05, 0.1) is 12.2 Å². The highest BCUT2D eigenvalue weighted by Crippen LogP contribution is 2.60. The van der Waals surface area contributed by atoms with Crippen LogP contribution in [0.25, 0.3) is 0 Å². The Kier molecular flexibility index (Phi) is 8.07. The van der Waals surface area contributed by atoms with E-state index < -0.39 is 12.2 Å². The quantitative estimate of drug-likeness (QED) is 0.323. The molecule has 4 aliphatic rings. The third-order valence-electron chi connectivity index (χ3n) is 10.3. The minimum atomic E-state index is -0.674. The molecular formula is C32H48O4. The van der Waals surface area contributed by atoms with Crippen LogP contribution in [0.3, 0.4) is 0 Å². The molecule has 3 saturated carbocycles. The molecule has 200 valence electrons. The fraction of sp³-hybridized carbons (Fsp3) is 0.719. The van der Waals surface area contributed by atoms with Crippen molar-refractivity contribution in [2.45, 2.75) is 104 Å². The predicted octanol–water partition coefficient (Wildman–Crippen LogP) is 6.54. The first-order valence-corrected chi connectivity index (χ1v) is 14.3. The fourth-order valence-corrected chi connectivity index (χ4v) is 8.07. The van der Waals surface area contributed by atoms with E-state index in [1.807, 2.05) is 6.92 Å². The van der Waals surface area contributed by atoms with Gasteiger partial charge in [0.15, 0.2) is 0 Å². The Hall–Kier alpha value is -1.65. The highest BCUT2D eigenvalue weighted by Gasteiger charge is 2.51. The number of rotatable bonds is 6. The van der Waals surface area contributed by atoms with Crippen molar-refractivity contribution in [1.82, 2.24) is 0 Å². The van der Waals surface area contributed by atoms with Crippen molar-refractivity contribution in [2.75, 3.05) is 0 Å². The first-order chi connectivity index (χ1) is 16.9. The van der Waals surface area contributed by atoms with Crippen molar-refractivity contribution < 1.29 is 19.7 Å². The van der Waals surface area contributed by atoms with Crippen LogP contribution in [0.2, 0.25) is 0 Å². The number of allylic oxidation sites excluding steroid dienone is 3. The van der Waals surface area contributed by atoms with Gasteiger partial charge in [-0.2, -0.15) is 0 Å². The molecule has 0 bridgehead atoms. The largest absolute Gasteiger partial charge is 0.458 e. The van der Waals surface area contributed by atoms with E-state index in [0.717, 1.165) is 30.4 Å². The van der Waals surface area contributed by atoms with Gasteiger partial charge in [0.2, 0.25) is 0 Å². The molecule has 3 aliphatic carbocycles. The van der Waals surface area contributed by atoms with Gasteiger partial charge in [0, 0.05) is 17.4 Å². The van der Waals surface area contributed by atoms with E-state index in [-0.39, 0.29) is 29.3 Å². The van der Waals surface area contributed by atoms with Crippen molar-refractivity contribution in [1.29, 1.82) is 0 Å². The summed E-state index contributed by atoms with van der Waals surface area (Å²) in [5, 5.41) is 20.8. The molecule has 0 aromatic heterocycles. The molecule has 4 heteroatoms. The summed E-state index contributed by atoms with van der Waals surface area (Å²) < 4.78 is 5.84. The number of carbonyl (C=O) groups is 1. The number of hydrogen-bond donors (Lipinski definition) is 2. The minimum absolute atomic E-state index is 0.0362. The molecule has 0 aromatic rings. The summed E-state index contributed by atoms with van der Waals surface area (Å²) in [6.07, 6.45) is 11.6. The summed E-state index contributed by atoms with van der Waals surface area (Å²) in [5.41, 5.74) is 4.17. The Bertz CT molecular complexity index is 942. The zero-order valence-corrected chi connectivity index (χ0v) is 23.1. The molecule has 1 saturated heterocycles. The van der Waals surface area contributed by atoms with Gasteiger partial charge in [0.25, 0.3) is 0 Å². The highest BCUT2D eigenvalue weighted by molar-refractivity contribution is 5.90. The fourth-order valence-electron chi connectivity index (χ4n) is 8.07. The number of carbonyl (C=O) groups excluding carboxylic acids is 1. The molecule has 0 spiro atoms. The Labute approximate surface area is 218 Å². The standard InChI is InChI=1S/C32H48O4/c1-18(2)15-25-21(5)31(35)36-29(25)16-19(3)26-12-13-27-23(9-8-14-32(26,27)7)10-11-24-17-28(33)22(6)30(34)20(24)4/h10-11,18-19,22,25-30,33-34H,4-5,8-9,12-17H2,1-3,6-7H3/t19-,22+,25+,26-,27+,28-,29-,30-,32-/m1/s1. The third kappa shape index (κ3) is 5.05. The number of aliphatic hydroxyl groups is 2. The molecule has 0 amide bonds. The average Bonchev–Trinajstić information content (AvgIpc) is 3.30. The molecule has 0 radical (unpaired) electrons. The minimum Gasteiger partial charge on any atom is -0.458 e. The van der Waals surface area contributed by atoms with E-state index >= 15 is 0 Å². The maximum atomic E-state index is 12.3. The van der Waals surface area contributed by atoms with Gasteiger partial charge >= 0.3 is 5.97 Å². The van der Waals surface area contributed by atoms with E-state index in [0.29, 0.717) is 35.7 Å². The van der Waals surface area contributed by atoms with Crippen molar-refractivity contribution in [2.24, 2.45) is 40.9 Å². The van der Waals surface area contributed by atoms with Gasteiger partial charge in [-0.05, 0) is 91.6 Å². The lowest BCUT2D eigenvalue weighted by Crippen LogP contribution is -2.37. The van der Waals surface area contributed by atoms with E-state index in [1.165, 1.54) is 31.3 Å². The zero-order valence-electron chi connectivity index (χ0n) is 23.1. The molecule has 36 heavy (non-hydrogen) atoms. The van der Waals surface area contributed by atoms with Gasteiger partial charge in [-0.15, -0.1) is 0 Å². The Morgan fingerprint density at radius 2 is 1.83 bits per heavy atom. The van der Waals surface area contributed by atoms with Crippen molar-refractivity contribution in [3.05, 3.63) is 47.6 Å². The maximum absolute atomic E-state index is 12.3. The van der Waals surface area contributed by atoms with Gasteiger partial charge in [-0.3, -0.25) is 0 Å². The molecule has 4 fully saturated rings. The molecule has 1 aliphatic heterocycles. The molecule has 2 N–H and O–H groups in total.